The Morgan fingerprint density at radius 2 is 2.36 bits per heavy atom. The number of rotatable bonds is 2. The lowest BCUT2D eigenvalue weighted by atomic mass is 10.3. The van der Waals surface area contributed by atoms with E-state index in [-0.39, 0.29) is 5.82 Å². The van der Waals surface area contributed by atoms with Gasteiger partial charge in [0.05, 0.1) is 15.2 Å². The summed E-state index contributed by atoms with van der Waals surface area (Å²) in [6.45, 7) is 0. The fourth-order valence-corrected chi connectivity index (χ4v) is 2.18. The van der Waals surface area contributed by atoms with Gasteiger partial charge in [-0.15, -0.1) is 23.7 Å². The van der Waals surface area contributed by atoms with Crippen molar-refractivity contribution in [1.29, 1.82) is 0 Å². The normalized spacial score (nSPS) is 10.3. The average molecular weight is 205 g/mol. The van der Waals surface area contributed by atoms with Crippen LogP contribution in [0.25, 0.3) is 10.2 Å². The monoisotopic (exact) mass is 205 g/mol. The summed E-state index contributed by atoms with van der Waals surface area (Å²) in [5.41, 5.74) is 0.724. The average Bonchev–Trinajstić information content (AvgIpc) is 2.56. The van der Waals surface area contributed by atoms with Gasteiger partial charge in [0.2, 0.25) is 0 Å². The number of hydrogen-bond donors (Lipinski definition) is 0. The Balaban J connectivity index is 2.37. The smallest absolute Gasteiger partial charge is 0.125 e. The molecule has 1 aromatic carbocycles. The summed E-state index contributed by atoms with van der Waals surface area (Å²) in [4.78, 5) is 4.29. The van der Waals surface area contributed by atoms with E-state index in [2.05, 4.69) is 10.9 Å². The highest BCUT2D eigenvalue weighted by Gasteiger charge is 2.03. The first-order valence-corrected chi connectivity index (χ1v) is 5.09. The zero-order valence-electron chi connectivity index (χ0n) is 7.46. The second-order valence-corrected chi connectivity index (χ2v) is 4.04. The number of hydrogen-bond acceptors (Lipinski definition) is 2. The largest absolute Gasteiger partial charge is 0.241 e. The van der Waals surface area contributed by atoms with Crippen LogP contribution in [0.4, 0.5) is 4.39 Å². The van der Waals surface area contributed by atoms with Crippen LogP contribution in [0.1, 0.15) is 11.4 Å². The van der Waals surface area contributed by atoms with Crippen molar-refractivity contribution in [2.75, 3.05) is 0 Å². The number of thiazole rings is 1. The third-order valence-corrected chi connectivity index (χ3v) is 2.97. The van der Waals surface area contributed by atoms with Gasteiger partial charge in [0.1, 0.15) is 5.82 Å². The van der Waals surface area contributed by atoms with Crippen LogP contribution in [0.2, 0.25) is 0 Å². The maximum absolute atomic E-state index is 12.8. The summed E-state index contributed by atoms with van der Waals surface area (Å²) in [5.74, 6) is 2.32. The molecule has 0 spiro atoms. The standard InChI is InChI=1S/C11H8FNS/c1-2-3-4-11-13-9-7-8(12)5-6-10(9)14-11/h1,5-7H,3-4H2. The molecular formula is C11H8FNS. The second-order valence-electron chi connectivity index (χ2n) is 2.92. The van der Waals surface area contributed by atoms with E-state index in [4.69, 9.17) is 6.42 Å². The van der Waals surface area contributed by atoms with E-state index >= 15 is 0 Å². The first-order chi connectivity index (χ1) is 6.79. The molecular weight excluding hydrogens is 197 g/mol. The van der Waals surface area contributed by atoms with Crippen LogP contribution in [0.3, 0.4) is 0 Å². The van der Waals surface area contributed by atoms with E-state index in [1.165, 1.54) is 12.1 Å². The molecule has 0 saturated carbocycles. The van der Waals surface area contributed by atoms with E-state index < -0.39 is 0 Å². The quantitative estimate of drug-likeness (QED) is 0.687. The minimum absolute atomic E-state index is 0.244. The number of aryl methyl sites for hydroxylation is 1. The van der Waals surface area contributed by atoms with Crippen LogP contribution < -0.4 is 0 Å². The fraction of sp³-hybridized carbons (Fsp3) is 0.182. The Bertz CT molecular complexity index is 495. The molecule has 70 valence electrons. The maximum atomic E-state index is 12.8. The minimum Gasteiger partial charge on any atom is -0.241 e. The summed E-state index contributed by atoms with van der Waals surface area (Å²) < 4.78 is 13.8. The molecule has 0 atom stereocenters. The second kappa shape index (κ2) is 3.77. The van der Waals surface area contributed by atoms with Gasteiger partial charge in [0.25, 0.3) is 0 Å². The van der Waals surface area contributed by atoms with Crippen LogP contribution in [0.5, 0.6) is 0 Å². The van der Waals surface area contributed by atoms with Crippen molar-refractivity contribution in [1.82, 2.24) is 4.98 Å². The van der Waals surface area contributed by atoms with E-state index in [1.807, 2.05) is 0 Å². The molecule has 0 bridgehead atoms. The molecule has 0 aliphatic heterocycles. The zero-order valence-corrected chi connectivity index (χ0v) is 8.27. The van der Waals surface area contributed by atoms with E-state index in [0.29, 0.717) is 6.42 Å². The molecule has 1 heterocycles. The van der Waals surface area contributed by atoms with Crippen LogP contribution in [0.15, 0.2) is 18.2 Å². The predicted octanol–water partition coefficient (Wildman–Crippen LogP) is 3.00. The third-order valence-electron chi connectivity index (χ3n) is 1.88. The summed E-state index contributed by atoms with van der Waals surface area (Å²) in [7, 11) is 0. The maximum Gasteiger partial charge on any atom is 0.125 e. The van der Waals surface area contributed by atoms with Gasteiger partial charge in [-0.3, -0.25) is 0 Å². The van der Waals surface area contributed by atoms with Crippen LogP contribution in [0, 0.1) is 18.2 Å². The topological polar surface area (TPSA) is 12.9 Å². The van der Waals surface area contributed by atoms with Gasteiger partial charge in [-0.1, -0.05) is 0 Å². The van der Waals surface area contributed by atoms with E-state index in [0.717, 1.165) is 21.6 Å². The molecule has 0 N–H and O–H groups in total. The Morgan fingerprint density at radius 1 is 1.50 bits per heavy atom. The van der Waals surface area contributed by atoms with Crippen molar-refractivity contribution in [3.05, 3.63) is 29.0 Å². The molecule has 1 aromatic heterocycles. The van der Waals surface area contributed by atoms with Crippen LogP contribution in [-0.4, -0.2) is 4.98 Å². The number of benzene rings is 1. The summed E-state index contributed by atoms with van der Waals surface area (Å²) in [6, 6.07) is 4.65. The van der Waals surface area contributed by atoms with Crippen molar-refractivity contribution < 1.29 is 4.39 Å². The Kier molecular flexibility index (Phi) is 2.47. The lowest BCUT2D eigenvalue weighted by Crippen LogP contribution is -1.80. The van der Waals surface area contributed by atoms with Crippen molar-refractivity contribution in [2.45, 2.75) is 12.8 Å². The van der Waals surface area contributed by atoms with E-state index in [9.17, 15) is 4.39 Å². The molecule has 0 radical (unpaired) electrons. The molecule has 0 amide bonds. The molecule has 0 aliphatic rings. The van der Waals surface area contributed by atoms with Crippen LogP contribution in [-0.2, 0) is 6.42 Å². The highest BCUT2D eigenvalue weighted by molar-refractivity contribution is 7.18. The summed E-state index contributed by atoms with van der Waals surface area (Å²) >= 11 is 1.57. The molecule has 14 heavy (non-hydrogen) atoms. The van der Waals surface area contributed by atoms with Crippen molar-refractivity contribution in [3.8, 4) is 12.3 Å². The first kappa shape index (κ1) is 9.17. The highest BCUT2D eigenvalue weighted by Crippen LogP contribution is 2.23. The zero-order chi connectivity index (χ0) is 9.97. The Labute approximate surface area is 85.6 Å². The Morgan fingerprint density at radius 3 is 3.14 bits per heavy atom. The number of halogens is 1. The number of fused-ring (bicyclic) bond motifs is 1. The molecule has 2 rings (SSSR count). The molecule has 0 saturated heterocycles. The van der Waals surface area contributed by atoms with Gasteiger partial charge >= 0.3 is 0 Å². The van der Waals surface area contributed by atoms with Crippen LogP contribution >= 0.6 is 11.3 Å². The third kappa shape index (κ3) is 1.75. The summed E-state index contributed by atoms with van der Waals surface area (Å²) in [6.07, 6.45) is 6.62. The minimum atomic E-state index is -0.244. The molecule has 1 nitrogen and oxygen atoms in total. The highest BCUT2D eigenvalue weighted by atomic mass is 32.1. The molecule has 0 unspecified atom stereocenters. The summed E-state index contributed by atoms with van der Waals surface area (Å²) in [5, 5.41) is 0.976. The fourth-order valence-electron chi connectivity index (χ4n) is 1.23. The lowest BCUT2D eigenvalue weighted by Gasteiger charge is -1.86. The van der Waals surface area contributed by atoms with Gasteiger partial charge in [0.15, 0.2) is 0 Å². The van der Waals surface area contributed by atoms with Gasteiger partial charge in [-0.05, 0) is 12.1 Å². The number of nitrogens with zero attached hydrogens (tertiary/aromatic N) is 1. The Hall–Kier alpha value is -1.40. The van der Waals surface area contributed by atoms with Crippen molar-refractivity contribution in [3.63, 3.8) is 0 Å². The lowest BCUT2D eigenvalue weighted by molar-refractivity contribution is 0.629. The van der Waals surface area contributed by atoms with Crippen molar-refractivity contribution in [2.24, 2.45) is 0 Å². The van der Waals surface area contributed by atoms with Crippen molar-refractivity contribution >= 4 is 21.6 Å². The van der Waals surface area contributed by atoms with Gasteiger partial charge in [-0.25, -0.2) is 9.37 Å². The molecule has 2 aromatic rings. The molecule has 3 heteroatoms. The molecule has 0 fully saturated rings. The predicted molar refractivity (Wildman–Crippen MR) is 56.7 cm³/mol. The first-order valence-electron chi connectivity index (χ1n) is 4.28. The number of terminal acetylenes is 1. The SMILES string of the molecule is C#CCCc1nc2cc(F)ccc2s1. The van der Waals surface area contributed by atoms with E-state index in [1.54, 1.807) is 17.4 Å². The van der Waals surface area contributed by atoms with Gasteiger partial charge < -0.3 is 0 Å². The number of aromatic nitrogens is 1. The molecule has 0 aliphatic carbocycles. The van der Waals surface area contributed by atoms with Gasteiger partial charge in [-0.2, -0.15) is 0 Å². The van der Waals surface area contributed by atoms with Gasteiger partial charge in [0, 0.05) is 18.9 Å².